The topological polar surface area (TPSA) is 80.2 Å². The molecule has 0 radical (unpaired) electrons. The molecule has 4 rings (SSSR count). The summed E-state index contributed by atoms with van der Waals surface area (Å²) >= 11 is 5.92. The zero-order valence-electron chi connectivity index (χ0n) is 19.3. The summed E-state index contributed by atoms with van der Waals surface area (Å²) in [6, 6.07) is 22.7. The molecule has 1 aliphatic heterocycles. The zero-order chi connectivity index (χ0) is 24.6. The van der Waals surface area contributed by atoms with E-state index in [1.807, 2.05) is 60.7 Å². The van der Waals surface area contributed by atoms with Crippen LogP contribution >= 0.6 is 11.6 Å². The molecule has 0 saturated carbocycles. The van der Waals surface area contributed by atoms with E-state index in [1.54, 1.807) is 24.1 Å². The Balaban J connectivity index is 1.28. The van der Waals surface area contributed by atoms with Crippen molar-refractivity contribution in [1.82, 2.24) is 10.3 Å². The number of amides is 2. The van der Waals surface area contributed by atoms with Gasteiger partial charge in [0.2, 0.25) is 5.91 Å². The lowest BCUT2D eigenvalue weighted by atomic mass is 9.99. The Morgan fingerprint density at radius 1 is 1.11 bits per heavy atom. The summed E-state index contributed by atoms with van der Waals surface area (Å²) in [5, 5.41) is 4.69. The number of hydrogen-bond acceptors (Lipinski definition) is 5. The highest BCUT2D eigenvalue weighted by Gasteiger charge is 2.31. The summed E-state index contributed by atoms with van der Waals surface area (Å²) in [6.07, 6.45) is 1.93. The first-order chi connectivity index (χ1) is 17.0. The minimum absolute atomic E-state index is 0.0275. The molecule has 35 heavy (non-hydrogen) atoms. The molecule has 0 bridgehead atoms. The van der Waals surface area contributed by atoms with Gasteiger partial charge in [-0.15, -0.1) is 0 Å². The van der Waals surface area contributed by atoms with Crippen molar-refractivity contribution < 1.29 is 19.1 Å². The average Bonchev–Trinajstić information content (AvgIpc) is 3.24. The Labute approximate surface area is 209 Å². The Bertz CT molecular complexity index is 1200. The van der Waals surface area contributed by atoms with Crippen molar-refractivity contribution in [3.05, 3.63) is 94.5 Å². The van der Waals surface area contributed by atoms with Crippen LogP contribution in [0.2, 0.25) is 5.02 Å². The number of rotatable bonds is 9. The van der Waals surface area contributed by atoms with Gasteiger partial charge in [-0.1, -0.05) is 54.1 Å². The minimum atomic E-state index is -0.349. The first kappa shape index (κ1) is 24.3. The number of benzene rings is 3. The molecule has 3 aromatic rings. The van der Waals surface area contributed by atoms with E-state index in [0.29, 0.717) is 36.1 Å². The number of nitrogens with one attached hydrogen (secondary N) is 1. The fourth-order valence-electron chi connectivity index (χ4n) is 3.89. The van der Waals surface area contributed by atoms with E-state index in [2.05, 4.69) is 10.5 Å². The van der Waals surface area contributed by atoms with Crippen molar-refractivity contribution in [3.63, 3.8) is 0 Å². The van der Waals surface area contributed by atoms with Gasteiger partial charge >= 0.3 is 0 Å². The molecule has 8 heteroatoms. The van der Waals surface area contributed by atoms with Crippen molar-refractivity contribution in [1.29, 1.82) is 0 Å². The predicted octanol–water partition coefficient (Wildman–Crippen LogP) is 4.39. The molecular weight excluding hydrogens is 466 g/mol. The largest absolute Gasteiger partial charge is 0.493 e. The van der Waals surface area contributed by atoms with Crippen LogP contribution < -0.4 is 14.9 Å². The van der Waals surface area contributed by atoms with Gasteiger partial charge in [-0.05, 0) is 47.0 Å². The summed E-state index contributed by atoms with van der Waals surface area (Å²) in [5.74, 6) is 0.857. The van der Waals surface area contributed by atoms with Crippen molar-refractivity contribution >= 4 is 29.6 Å². The van der Waals surface area contributed by atoms with Crippen molar-refractivity contribution in [2.24, 2.45) is 5.10 Å². The highest BCUT2D eigenvalue weighted by molar-refractivity contribution is 6.30. The van der Waals surface area contributed by atoms with Crippen LogP contribution in [0.5, 0.6) is 11.5 Å². The van der Waals surface area contributed by atoms with E-state index in [9.17, 15) is 9.59 Å². The molecule has 180 valence electrons. The van der Waals surface area contributed by atoms with Gasteiger partial charge in [-0.25, -0.2) is 5.43 Å². The van der Waals surface area contributed by atoms with Crippen molar-refractivity contribution in [3.8, 4) is 11.5 Å². The van der Waals surface area contributed by atoms with Crippen LogP contribution in [0.3, 0.4) is 0 Å². The quantitative estimate of drug-likeness (QED) is 0.355. The van der Waals surface area contributed by atoms with Crippen molar-refractivity contribution in [2.75, 3.05) is 20.2 Å². The molecule has 1 N–H and O–H groups in total. The number of carbonyl (C=O) groups excluding carboxylic acids is 2. The highest BCUT2D eigenvalue weighted by Crippen LogP contribution is 2.29. The number of likely N-dealkylation sites (tertiary alicyclic amines) is 1. The molecule has 1 heterocycles. The monoisotopic (exact) mass is 491 g/mol. The third-order valence-corrected chi connectivity index (χ3v) is 5.97. The van der Waals surface area contributed by atoms with Crippen LogP contribution in [0.15, 0.2) is 77.9 Å². The molecule has 1 saturated heterocycles. The summed E-state index contributed by atoms with van der Waals surface area (Å²) in [6.45, 7) is 0.867. The number of methoxy groups -OCH3 is 1. The molecule has 7 nitrogen and oxygen atoms in total. The standard InChI is InChI=1S/C27H26ClN3O4/c1-34-25-13-20(9-12-24(25)35-18-19-7-10-23(28)11-8-19)15-29-30-26(32)17-31-16-22(14-27(31)33)21-5-3-2-4-6-21/h2-13,15,22H,14,16-18H2,1H3,(H,30,32)/b29-15-/t22-/m0/s1. The molecule has 0 aliphatic carbocycles. The van der Waals surface area contributed by atoms with Gasteiger partial charge in [0.15, 0.2) is 11.5 Å². The molecule has 0 aromatic heterocycles. The molecule has 2 amide bonds. The van der Waals surface area contributed by atoms with Gasteiger partial charge in [-0.3, -0.25) is 9.59 Å². The maximum atomic E-state index is 12.3. The summed E-state index contributed by atoms with van der Waals surface area (Å²) in [5.41, 5.74) is 5.31. The molecular formula is C27H26ClN3O4. The highest BCUT2D eigenvalue weighted by atomic mass is 35.5. The number of hydrazone groups is 1. The van der Waals surface area contributed by atoms with E-state index in [4.69, 9.17) is 21.1 Å². The Hall–Kier alpha value is -3.84. The Kier molecular flexibility index (Phi) is 8.00. The normalized spacial score (nSPS) is 15.4. The second-order valence-corrected chi connectivity index (χ2v) is 8.64. The van der Waals surface area contributed by atoms with E-state index in [0.717, 1.165) is 16.7 Å². The smallest absolute Gasteiger partial charge is 0.259 e. The van der Waals surface area contributed by atoms with Crippen LogP contribution in [-0.2, 0) is 16.2 Å². The van der Waals surface area contributed by atoms with E-state index < -0.39 is 0 Å². The van der Waals surface area contributed by atoms with Gasteiger partial charge in [0, 0.05) is 23.9 Å². The number of hydrogen-bond donors (Lipinski definition) is 1. The van der Waals surface area contributed by atoms with Gasteiger partial charge in [0.25, 0.3) is 5.91 Å². The van der Waals surface area contributed by atoms with Crippen LogP contribution in [0, 0.1) is 0 Å². The number of ether oxygens (including phenoxy) is 2. The van der Waals surface area contributed by atoms with Crippen LogP contribution in [0.4, 0.5) is 0 Å². The second-order valence-electron chi connectivity index (χ2n) is 8.20. The first-order valence-electron chi connectivity index (χ1n) is 11.2. The maximum absolute atomic E-state index is 12.3. The van der Waals surface area contributed by atoms with Gasteiger partial charge in [0.1, 0.15) is 13.2 Å². The lowest BCUT2D eigenvalue weighted by Crippen LogP contribution is -2.36. The number of halogens is 1. The summed E-state index contributed by atoms with van der Waals surface area (Å²) in [7, 11) is 1.56. The molecule has 1 atom stereocenters. The van der Waals surface area contributed by atoms with Gasteiger partial charge in [0.05, 0.1) is 13.3 Å². The fraction of sp³-hybridized carbons (Fsp3) is 0.222. The van der Waals surface area contributed by atoms with Gasteiger partial charge < -0.3 is 14.4 Å². The zero-order valence-corrected chi connectivity index (χ0v) is 20.1. The lowest BCUT2D eigenvalue weighted by molar-refractivity contribution is -0.133. The predicted molar refractivity (Wildman–Crippen MR) is 135 cm³/mol. The Morgan fingerprint density at radius 2 is 1.89 bits per heavy atom. The van der Waals surface area contributed by atoms with Crippen LogP contribution in [0.1, 0.15) is 29.0 Å². The molecule has 1 aliphatic rings. The van der Waals surface area contributed by atoms with E-state index in [1.165, 1.54) is 6.21 Å². The third kappa shape index (κ3) is 6.61. The summed E-state index contributed by atoms with van der Waals surface area (Å²) < 4.78 is 11.3. The van der Waals surface area contributed by atoms with Crippen molar-refractivity contribution in [2.45, 2.75) is 18.9 Å². The molecule has 0 unspecified atom stereocenters. The third-order valence-electron chi connectivity index (χ3n) is 5.72. The fourth-order valence-corrected chi connectivity index (χ4v) is 4.01. The lowest BCUT2D eigenvalue weighted by Gasteiger charge is -2.15. The number of carbonyl (C=O) groups is 2. The molecule has 0 spiro atoms. The van der Waals surface area contributed by atoms with E-state index >= 15 is 0 Å². The maximum Gasteiger partial charge on any atom is 0.259 e. The molecule has 1 fully saturated rings. The first-order valence-corrected chi connectivity index (χ1v) is 11.6. The minimum Gasteiger partial charge on any atom is -0.493 e. The SMILES string of the molecule is COc1cc(/C=N\NC(=O)CN2C[C@@H](c3ccccc3)CC2=O)ccc1OCc1ccc(Cl)cc1. The second kappa shape index (κ2) is 11.5. The molecule has 3 aromatic carbocycles. The Morgan fingerprint density at radius 3 is 2.63 bits per heavy atom. The van der Waals surface area contributed by atoms with Gasteiger partial charge in [-0.2, -0.15) is 5.10 Å². The van der Waals surface area contributed by atoms with Crippen LogP contribution in [0.25, 0.3) is 0 Å². The average molecular weight is 492 g/mol. The van der Waals surface area contributed by atoms with Crippen LogP contribution in [-0.4, -0.2) is 43.1 Å². The number of nitrogens with zero attached hydrogens (tertiary/aromatic N) is 2. The van der Waals surface area contributed by atoms with E-state index in [-0.39, 0.29) is 24.3 Å². The summed E-state index contributed by atoms with van der Waals surface area (Å²) in [4.78, 5) is 26.2.